The fourth-order valence-electron chi connectivity index (χ4n) is 4.36. The van der Waals surface area contributed by atoms with E-state index in [4.69, 9.17) is 4.74 Å². The number of carbonyl (C=O) groups excluding carboxylic acids is 1. The second-order valence-corrected chi connectivity index (χ2v) is 8.14. The average molecular weight is 404 g/mol. The molecular formula is C25H29N3O2. The van der Waals surface area contributed by atoms with Gasteiger partial charge in [0.05, 0.1) is 19.3 Å². The van der Waals surface area contributed by atoms with Crippen LogP contribution >= 0.6 is 0 Å². The first-order valence-electron chi connectivity index (χ1n) is 10.6. The lowest BCUT2D eigenvalue weighted by molar-refractivity contribution is 0.0736. The van der Waals surface area contributed by atoms with E-state index in [1.807, 2.05) is 46.8 Å². The van der Waals surface area contributed by atoms with E-state index in [0.29, 0.717) is 6.54 Å². The molecule has 1 fully saturated rings. The molecule has 3 aromatic rings. The Morgan fingerprint density at radius 2 is 1.90 bits per heavy atom. The Morgan fingerprint density at radius 3 is 2.67 bits per heavy atom. The minimum absolute atomic E-state index is 0.121. The van der Waals surface area contributed by atoms with Gasteiger partial charge >= 0.3 is 0 Å². The number of aryl methyl sites for hydroxylation is 2. The van der Waals surface area contributed by atoms with Crippen LogP contribution in [0.15, 0.2) is 54.6 Å². The van der Waals surface area contributed by atoms with Crippen molar-refractivity contribution in [3.8, 4) is 5.75 Å². The first-order chi connectivity index (χ1) is 14.5. The molecule has 1 aliphatic heterocycles. The van der Waals surface area contributed by atoms with Crippen LogP contribution in [0.4, 0.5) is 0 Å². The zero-order valence-corrected chi connectivity index (χ0v) is 18.0. The van der Waals surface area contributed by atoms with E-state index < -0.39 is 0 Å². The van der Waals surface area contributed by atoms with Crippen LogP contribution in [-0.4, -0.2) is 40.3 Å². The lowest BCUT2D eigenvalue weighted by Crippen LogP contribution is -2.36. The summed E-state index contributed by atoms with van der Waals surface area (Å²) in [5.74, 6) is 0.982. The second-order valence-electron chi connectivity index (χ2n) is 8.14. The molecule has 5 nitrogen and oxygen atoms in total. The quantitative estimate of drug-likeness (QED) is 0.613. The van der Waals surface area contributed by atoms with E-state index >= 15 is 0 Å². The third-order valence-corrected chi connectivity index (χ3v) is 5.85. The molecule has 1 amide bonds. The largest absolute Gasteiger partial charge is 0.497 e. The van der Waals surface area contributed by atoms with Gasteiger partial charge in [0.2, 0.25) is 0 Å². The van der Waals surface area contributed by atoms with Gasteiger partial charge in [-0.3, -0.25) is 9.48 Å². The number of aromatic nitrogens is 2. The topological polar surface area (TPSA) is 47.4 Å². The normalized spacial score (nSPS) is 16.1. The average Bonchev–Trinajstić information content (AvgIpc) is 3.33. The van der Waals surface area contributed by atoms with Gasteiger partial charge in [-0.05, 0) is 74.6 Å². The van der Waals surface area contributed by atoms with Gasteiger partial charge < -0.3 is 9.64 Å². The van der Waals surface area contributed by atoms with Crippen molar-refractivity contribution in [2.24, 2.45) is 0 Å². The van der Waals surface area contributed by atoms with E-state index in [2.05, 4.69) is 36.3 Å². The van der Waals surface area contributed by atoms with Crippen LogP contribution < -0.4 is 4.74 Å². The Labute approximate surface area is 178 Å². The van der Waals surface area contributed by atoms with Crippen LogP contribution in [0.1, 0.15) is 45.7 Å². The molecule has 1 unspecified atom stereocenters. The number of likely N-dealkylation sites (tertiary alicyclic amines) is 1. The van der Waals surface area contributed by atoms with Crippen molar-refractivity contribution < 1.29 is 9.53 Å². The molecule has 5 heteroatoms. The molecule has 0 N–H and O–H groups in total. The lowest BCUT2D eigenvalue weighted by Gasteiger charge is -2.25. The third kappa shape index (κ3) is 4.40. The number of carbonyl (C=O) groups is 1. The lowest BCUT2D eigenvalue weighted by atomic mass is 10.0. The summed E-state index contributed by atoms with van der Waals surface area (Å²) in [6, 6.07) is 18.4. The number of hydrogen-bond acceptors (Lipinski definition) is 3. The fourth-order valence-corrected chi connectivity index (χ4v) is 4.36. The number of benzene rings is 2. The maximum absolute atomic E-state index is 13.3. The summed E-state index contributed by atoms with van der Waals surface area (Å²) in [7, 11) is 1.68. The van der Waals surface area contributed by atoms with Crippen molar-refractivity contribution in [1.29, 1.82) is 0 Å². The summed E-state index contributed by atoms with van der Waals surface area (Å²) < 4.78 is 7.33. The highest BCUT2D eigenvalue weighted by Gasteiger charge is 2.29. The fraction of sp³-hybridized carbons (Fsp3) is 0.360. The smallest absolute Gasteiger partial charge is 0.254 e. The Kier molecular flexibility index (Phi) is 5.88. The molecule has 1 aromatic heterocycles. The number of nitrogens with zero attached hydrogens (tertiary/aromatic N) is 3. The summed E-state index contributed by atoms with van der Waals surface area (Å²) in [5, 5.41) is 4.54. The Hall–Kier alpha value is -3.08. The van der Waals surface area contributed by atoms with E-state index in [9.17, 15) is 4.79 Å². The number of methoxy groups -OCH3 is 1. The summed E-state index contributed by atoms with van der Waals surface area (Å²) in [6.45, 7) is 5.55. The number of rotatable bonds is 6. The van der Waals surface area contributed by atoms with Crippen LogP contribution in [0.3, 0.4) is 0 Å². The molecule has 2 aromatic carbocycles. The van der Waals surface area contributed by atoms with Crippen molar-refractivity contribution >= 4 is 5.91 Å². The third-order valence-electron chi connectivity index (χ3n) is 5.85. The highest BCUT2D eigenvalue weighted by atomic mass is 16.5. The Balaban J connectivity index is 1.49. The summed E-state index contributed by atoms with van der Waals surface area (Å²) in [6.07, 6.45) is 2.94. The number of amides is 1. The van der Waals surface area contributed by atoms with E-state index in [0.717, 1.165) is 54.1 Å². The van der Waals surface area contributed by atoms with Crippen LogP contribution in [0.5, 0.6) is 5.75 Å². The maximum atomic E-state index is 13.3. The van der Waals surface area contributed by atoms with Gasteiger partial charge in [0, 0.05) is 23.8 Å². The molecule has 156 valence electrons. The molecule has 1 saturated heterocycles. The molecular weight excluding hydrogens is 374 g/mol. The predicted molar refractivity (Wildman–Crippen MR) is 118 cm³/mol. The Morgan fingerprint density at radius 1 is 1.10 bits per heavy atom. The predicted octanol–water partition coefficient (Wildman–Crippen LogP) is 4.40. The zero-order valence-electron chi connectivity index (χ0n) is 18.0. The maximum Gasteiger partial charge on any atom is 0.254 e. The van der Waals surface area contributed by atoms with Crippen molar-refractivity contribution in [2.75, 3.05) is 13.7 Å². The molecule has 1 aliphatic rings. The van der Waals surface area contributed by atoms with E-state index in [1.54, 1.807) is 7.11 Å². The molecule has 0 aliphatic carbocycles. The minimum atomic E-state index is 0.121. The molecule has 30 heavy (non-hydrogen) atoms. The molecule has 0 spiro atoms. The van der Waals surface area contributed by atoms with Crippen LogP contribution in [-0.2, 0) is 13.0 Å². The minimum Gasteiger partial charge on any atom is -0.497 e. The molecule has 0 saturated carbocycles. The first-order valence-corrected chi connectivity index (χ1v) is 10.6. The summed E-state index contributed by atoms with van der Waals surface area (Å²) >= 11 is 0. The van der Waals surface area contributed by atoms with Crippen LogP contribution in [0, 0.1) is 13.8 Å². The van der Waals surface area contributed by atoms with Crippen molar-refractivity contribution in [1.82, 2.24) is 14.7 Å². The molecule has 1 atom stereocenters. The van der Waals surface area contributed by atoms with Gasteiger partial charge in [-0.2, -0.15) is 5.10 Å². The van der Waals surface area contributed by atoms with Crippen molar-refractivity contribution in [2.45, 2.75) is 45.7 Å². The monoisotopic (exact) mass is 403 g/mol. The second kappa shape index (κ2) is 8.74. The highest BCUT2D eigenvalue weighted by molar-refractivity contribution is 5.94. The molecule has 4 rings (SSSR count). The Bertz CT molecular complexity index is 1040. The number of hydrogen-bond donors (Lipinski definition) is 0. The summed E-state index contributed by atoms with van der Waals surface area (Å²) in [4.78, 5) is 15.4. The standard InChI is InChI=1S/C25H29N3O2/c1-18-13-19(2)28(26-18)17-21-8-4-9-22(14-21)25(29)27-12-6-10-23(27)15-20-7-5-11-24(16-20)30-3/h4-5,7-9,11,13-14,16,23H,6,10,12,15,17H2,1-3H3. The molecule has 0 radical (unpaired) electrons. The van der Waals surface area contributed by atoms with Crippen LogP contribution in [0.25, 0.3) is 0 Å². The van der Waals surface area contributed by atoms with Crippen LogP contribution in [0.2, 0.25) is 0 Å². The zero-order chi connectivity index (χ0) is 21.1. The van der Waals surface area contributed by atoms with E-state index in [-0.39, 0.29) is 11.9 Å². The van der Waals surface area contributed by atoms with E-state index in [1.165, 1.54) is 5.56 Å². The van der Waals surface area contributed by atoms with Crippen molar-refractivity contribution in [3.05, 3.63) is 82.7 Å². The highest BCUT2D eigenvalue weighted by Crippen LogP contribution is 2.25. The first kappa shape index (κ1) is 20.2. The van der Waals surface area contributed by atoms with Crippen molar-refractivity contribution in [3.63, 3.8) is 0 Å². The van der Waals surface area contributed by atoms with Gasteiger partial charge in [0.15, 0.2) is 0 Å². The van der Waals surface area contributed by atoms with Gasteiger partial charge in [0.1, 0.15) is 5.75 Å². The molecule has 2 heterocycles. The van der Waals surface area contributed by atoms with Gasteiger partial charge in [-0.15, -0.1) is 0 Å². The van der Waals surface area contributed by atoms with Gasteiger partial charge in [-0.25, -0.2) is 0 Å². The summed E-state index contributed by atoms with van der Waals surface area (Å²) in [5.41, 5.74) is 5.19. The van der Waals surface area contributed by atoms with Gasteiger partial charge in [0.25, 0.3) is 5.91 Å². The SMILES string of the molecule is COc1cccc(CC2CCCN2C(=O)c2cccc(Cn3nc(C)cc3C)c2)c1. The number of ether oxygens (including phenoxy) is 1. The van der Waals surface area contributed by atoms with Gasteiger partial charge in [-0.1, -0.05) is 24.3 Å². The molecule has 0 bridgehead atoms.